The van der Waals surface area contributed by atoms with Gasteiger partial charge in [-0.05, 0) is 25.0 Å². The molecule has 0 spiro atoms. The topological polar surface area (TPSA) is 74.6 Å². The second-order valence-corrected chi connectivity index (χ2v) is 6.90. The number of aliphatic imine (C=N–C) groups is 2. The number of guanidine groups is 1. The zero-order chi connectivity index (χ0) is 19.0. The molecule has 1 saturated carbocycles. The molecule has 1 atom stereocenters. The second-order valence-electron chi connectivity index (χ2n) is 6.90. The Labute approximate surface area is 156 Å². The minimum atomic E-state index is -1.70. The fourth-order valence-electron chi connectivity index (χ4n) is 3.40. The van der Waals surface area contributed by atoms with Gasteiger partial charge in [-0.2, -0.15) is 4.99 Å². The Morgan fingerprint density at radius 1 is 1.15 bits per heavy atom. The summed E-state index contributed by atoms with van der Waals surface area (Å²) in [6, 6.07) is 7.12. The van der Waals surface area contributed by atoms with Gasteiger partial charge in [0, 0.05) is 32.1 Å². The molecule has 1 saturated heterocycles. The number of ether oxygens (including phenoxy) is 1. The largest absolute Gasteiger partial charge is 0.496 e. The summed E-state index contributed by atoms with van der Waals surface area (Å²) < 4.78 is 19.3. The summed E-state index contributed by atoms with van der Waals surface area (Å²) in [4.78, 5) is 36.4. The van der Waals surface area contributed by atoms with Crippen LogP contribution in [-0.4, -0.2) is 72.7 Å². The van der Waals surface area contributed by atoms with Crippen LogP contribution in [0.2, 0.25) is 0 Å². The van der Waals surface area contributed by atoms with Crippen molar-refractivity contribution in [2.75, 3.05) is 33.3 Å². The number of carbonyl (C=O) groups is 2. The van der Waals surface area contributed by atoms with E-state index in [0.29, 0.717) is 43.2 Å². The molecule has 0 radical (unpaired) electrons. The minimum Gasteiger partial charge on any atom is -0.496 e. The average molecular weight is 372 g/mol. The molecule has 2 heterocycles. The molecule has 0 bridgehead atoms. The van der Waals surface area contributed by atoms with E-state index in [1.165, 1.54) is 7.11 Å². The summed E-state index contributed by atoms with van der Waals surface area (Å²) in [5, 5.41) is 0. The number of halogens is 1. The van der Waals surface area contributed by atoms with Crippen LogP contribution in [-0.2, 0) is 4.79 Å². The van der Waals surface area contributed by atoms with Gasteiger partial charge in [0.2, 0.25) is 12.1 Å². The van der Waals surface area contributed by atoms with Crippen LogP contribution in [0.5, 0.6) is 5.75 Å². The number of rotatable bonds is 3. The highest BCUT2D eigenvalue weighted by Crippen LogP contribution is 2.34. The molecule has 4 rings (SSSR count). The molecule has 27 heavy (non-hydrogen) atoms. The third-order valence-electron chi connectivity index (χ3n) is 5.10. The third-order valence-corrected chi connectivity index (χ3v) is 5.10. The van der Waals surface area contributed by atoms with Crippen LogP contribution in [0.15, 0.2) is 34.3 Å². The van der Waals surface area contributed by atoms with Crippen molar-refractivity contribution in [3.63, 3.8) is 0 Å². The maximum atomic E-state index is 14.0. The highest BCUT2D eigenvalue weighted by Gasteiger charge is 2.40. The van der Waals surface area contributed by atoms with E-state index in [9.17, 15) is 14.0 Å². The van der Waals surface area contributed by atoms with Gasteiger partial charge in [0.1, 0.15) is 5.75 Å². The van der Waals surface area contributed by atoms with Gasteiger partial charge in [-0.15, -0.1) is 0 Å². The van der Waals surface area contributed by atoms with Crippen molar-refractivity contribution >= 4 is 23.5 Å². The molecule has 1 unspecified atom stereocenters. The molecular formula is C19H21FN4O3. The van der Waals surface area contributed by atoms with E-state index >= 15 is 0 Å². The second kappa shape index (κ2) is 7.09. The standard InChI is InChI=1S/C19H21FN4O3/c1-27-14-5-3-2-4-13(14)18(26)23-8-10-24(11-9-23)19-21-16(12-6-7-12)15(20)17(25)22-19/h2-5,12,15H,6-11H2,1H3. The van der Waals surface area contributed by atoms with Crippen LogP contribution in [0.25, 0.3) is 0 Å². The van der Waals surface area contributed by atoms with Crippen molar-refractivity contribution in [2.45, 2.75) is 19.0 Å². The molecule has 0 aromatic heterocycles. The number of carbonyl (C=O) groups excluding carboxylic acids is 2. The van der Waals surface area contributed by atoms with E-state index in [1.54, 1.807) is 23.1 Å². The summed E-state index contributed by atoms with van der Waals surface area (Å²) in [5.41, 5.74) is 0.838. The number of benzene rings is 1. The van der Waals surface area contributed by atoms with Gasteiger partial charge in [0.15, 0.2) is 0 Å². The molecule has 2 aliphatic heterocycles. The van der Waals surface area contributed by atoms with Gasteiger partial charge in [-0.25, -0.2) is 9.38 Å². The van der Waals surface area contributed by atoms with E-state index in [0.717, 1.165) is 12.8 Å². The lowest BCUT2D eigenvalue weighted by Gasteiger charge is -2.36. The normalized spacial score (nSPS) is 23.0. The quantitative estimate of drug-likeness (QED) is 0.807. The van der Waals surface area contributed by atoms with E-state index in [4.69, 9.17) is 4.74 Å². The van der Waals surface area contributed by atoms with Gasteiger partial charge in [0.05, 0.1) is 18.4 Å². The number of methoxy groups -OCH3 is 1. The highest BCUT2D eigenvalue weighted by atomic mass is 19.1. The van der Waals surface area contributed by atoms with Crippen molar-refractivity contribution < 1.29 is 18.7 Å². The maximum Gasteiger partial charge on any atom is 0.289 e. The zero-order valence-electron chi connectivity index (χ0n) is 15.1. The number of hydrogen-bond acceptors (Lipinski definition) is 5. The molecule has 7 nitrogen and oxygen atoms in total. The smallest absolute Gasteiger partial charge is 0.289 e. The number of piperazine rings is 1. The Morgan fingerprint density at radius 3 is 2.52 bits per heavy atom. The lowest BCUT2D eigenvalue weighted by atomic mass is 10.1. The molecule has 3 aliphatic rings. The fraction of sp³-hybridized carbons (Fsp3) is 0.474. The van der Waals surface area contributed by atoms with Crippen LogP contribution in [0.4, 0.5) is 4.39 Å². The molecular weight excluding hydrogens is 351 g/mol. The first kappa shape index (κ1) is 17.6. The molecule has 142 valence electrons. The summed E-state index contributed by atoms with van der Waals surface area (Å²) in [6.07, 6.45) is 0.0526. The van der Waals surface area contributed by atoms with Crippen LogP contribution >= 0.6 is 0 Å². The SMILES string of the molecule is COc1ccccc1C(=O)N1CCN(C2=NC(=O)C(F)C(C3CC3)=N2)CC1. The lowest BCUT2D eigenvalue weighted by molar-refractivity contribution is -0.120. The predicted octanol–water partition coefficient (Wildman–Crippen LogP) is 1.54. The van der Waals surface area contributed by atoms with Crippen molar-refractivity contribution in [3.8, 4) is 5.75 Å². The van der Waals surface area contributed by atoms with Crippen molar-refractivity contribution in [1.82, 2.24) is 9.80 Å². The number of hydrogen-bond donors (Lipinski definition) is 0. The number of amides is 2. The van der Waals surface area contributed by atoms with Gasteiger partial charge in [0.25, 0.3) is 11.8 Å². The van der Waals surface area contributed by atoms with E-state index in [-0.39, 0.29) is 17.8 Å². The fourth-order valence-corrected chi connectivity index (χ4v) is 3.40. The van der Waals surface area contributed by atoms with E-state index in [1.807, 2.05) is 11.0 Å². The third kappa shape index (κ3) is 3.43. The van der Waals surface area contributed by atoms with Crippen LogP contribution in [0, 0.1) is 5.92 Å². The lowest BCUT2D eigenvalue weighted by Crippen LogP contribution is -2.51. The number of para-hydroxylation sites is 1. The highest BCUT2D eigenvalue weighted by molar-refractivity contribution is 6.18. The van der Waals surface area contributed by atoms with Crippen LogP contribution < -0.4 is 4.74 Å². The molecule has 0 N–H and O–H groups in total. The van der Waals surface area contributed by atoms with Crippen molar-refractivity contribution in [2.24, 2.45) is 15.9 Å². The Morgan fingerprint density at radius 2 is 1.85 bits per heavy atom. The first-order valence-corrected chi connectivity index (χ1v) is 9.11. The molecule has 1 aromatic rings. The van der Waals surface area contributed by atoms with Crippen LogP contribution in [0.3, 0.4) is 0 Å². The Balaban J connectivity index is 1.44. The van der Waals surface area contributed by atoms with Gasteiger partial charge in [-0.3, -0.25) is 9.59 Å². The molecule has 1 aromatic carbocycles. The first-order chi connectivity index (χ1) is 13.1. The maximum absolute atomic E-state index is 14.0. The Bertz CT molecular complexity index is 826. The molecule has 2 fully saturated rings. The van der Waals surface area contributed by atoms with Gasteiger partial charge < -0.3 is 14.5 Å². The monoisotopic (exact) mass is 372 g/mol. The number of alkyl halides is 1. The number of nitrogens with zero attached hydrogens (tertiary/aromatic N) is 4. The minimum absolute atomic E-state index is 0.0721. The van der Waals surface area contributed by atoms with Crippen molar-refractivity contribution in [3.05, 3.63) is 29.8 Å². The Hall–Kier alpha value is -2.77. The first-order valence-electron chi connectivity index (χ1n) is 9.11. The van der Waals surface area contributed by atoms with Crippen molar-refractivity contribution in [1.29, 1.82) is 0 Å². The molecule has 1 aliphatic carbocycles. The van der Waals surface area contributed by atoms with E-state index in [2.05, 4.69) is 9.98 Å². The van der Waals surface area contributed by atoms with Gasteiger partial charge in [-0.1, -0.05) is 12.1 Å². The van der Waals surface area contributed by atoms with E-state index < -0.39 is 12.1 Å². The van der Waals surface area contributed by atoms with Crippen LogP contribution in [0.1, 0.15) is 23.2 Å². The molecule has 2 amide bonds. The summed E-state index contributed by atoms with van der Waals surface area (Å²) in [7, 11) is 1.54. The summed E-state index contributed by atoms with van der Waals surface area (Å²) in [6.45, 7) is 1.92. The summed E-state index contributed by atoms with van der Waals surface area (Å²) >= 11 is 0. The molecule has 8 heteroatoms. The zero-order valence-corrected chi connectivity index (χ0v) is 15.1. The van der Waals surface area contributed by atoms with Gasteiger partial charge >= 0.3 is 0 Å². The summed E-state index contributed by atoms with van der Waals surface area (Å²) in [5.74, 6) is 0.0251. The predicted molar refractivity (Wildman–Crippen MR) is 98.0 cm³/mol. The Kier molecular flexibility index (Phi) is 4.63. The average Bonchev–Trinajstić information content (AvgIpc) is 3.54.